The number of amides is 14. The van der Waals surface area contributed by atoms with Crippen LogP contribution in [0.25, 0.3) is 0 Å². The highest BCUT2D eigenvalue weighted by Gasteiger charge is 2.38. The van der Waals surface area contributed by atoms with Crippen LogP contribution in [0.15, 0.2) is 12.5 Å². The second-order valence-electron chi connectivity index (χ2n) is 24.2. The normalized spacial score (nSPS) is 14.9. The number of H-pyrrole nitrogens is 1. The van der Waals surface area contributed by atoms with Crippen LogP contribution in [-0.4, -0.2) is 230 Å². The molecule has 0 aromatic carbocycles. The molecule has 1 aromatic heterocycles. The summed E-state index contributed by atoms with van der Waals surface area (Å²) in [6.07, 6.45) is 0.865. The van der Waals surface area contributed by atoms with Crippen molar-refractivity contribution in [3.63, 3.8) is 0 Å². The Kier molecular flexibility index (Phi) is 42.0. The Morgan fingerprint density at radius 2 is 0.950 bits per heavy atom. The molecule has 13 atom stereocenters. The first-order chi connectivity index (χ1) is 47.4. The summed E-state index contributed by atoms with van der Waals surface area (Å²) in [7, 11) is 0. The standard InChI is InChI=1S/C59H101N21O18S3/c1-7-29(6)46(57(96)73-34(14-16-43(84)85)51(90)77-39(25-101)58(97)98)80-54(93)38(24-100)76-50(89)32(11-8-9-17-60)71-49(88)33(12-10-18-67-59(64)65)72-55(94)44(27(2)3)79-56(95)45(28(4)5)78-52(91)35(19-30-21-66-26-69-30)75-53(92)37(23-99)70-42(83)22-68-48(87)36(20-41(63)82)74-47(86)31(61)13-15-40(62)81/h21,26-29,31-39,44-46,99-101H,7-20,22-25,60-61H2,1-6H3,(H2,62,81)(H2,63,82)(H,66,69)(H,68,87)(H,70,83)(H,71,88)(H,72,94)(H,73,96)(H,74,86)(H,75,92)(H,76,89)(H,77,90)(H,78,91)(H,79,95)(H,80,93)(H,84,85)(H,97,98)(H4,64,65,67)/t29-,31-,32-,33-,34-,35-,36-,37-,38-,39-,44-,45-,46-/m0/s1. The van der Waals surface area contributed by atoms with Gasteiger partial charge in [0.15, 0.2) is 5.96 Å². The second-order valence-corrected chi connectivity index (χ2v) is 25.3. The van der Waals surface area contributed by atoms with Crippen molar-refractivity contribution in [2.24, 2.45) is 46.4 Å². The Morgan fingerprint density at radius 3 is 1.44 bits per heavy atom. The van der Waals surface area contributed by atoms with Gasteiger partial charge in [-0.15, -0.1) is 0 Å². The van der Waals surface area contributed by atoms with E-state index in [2.05, 4.69) is 117 Å². The number of unbranched alkanes of at least 4 members (excludes halogenated alkanes) is 1. The summed E-state index contributed by atoms with van der Waals surface area (Å²) in [4.78, 5) is 219. The molecule has 14 amide bonds. The van der Waals surface area contributed by atoms with Crippen molar-refractivity contribution in [3.05, 3.63) is 18.2 Å². The monoisotopic (exact) mass is 1490 g/mol. The molecule has 1 rings (SSSR count). The second kappa shape index (κ2) is 47.2. The Balaban J connectivity index is 3.51. The molecule has 0 saturated carbocycles. The van der Waals surface area contributed by atoms with Crippen molar-refractivity contribution < 1.29 is 86.9 Å². The zero-order valence-corrected chi connectivity index (χ0v) is 59.8. The van der Waals surface area contributed by atoms with Gasteiger partial charge in [-0.25, -0.2) is 9.78 Å². The molecule has 101 heavy (non-hydrogen) atoms. The number of rotatable bonds is 50. The third kappa shape index (κ3) is 34.3. The lowest BCUT2D eigenvalue weighted by atomic mass is 9.97. The molecule has 0 aliphatic heterocycles. The Morgan fingerprint density at radius 1 is 0.505 bits per heavy atom. The zero-order valence-electron chi connectivity index (χ0n) is 57.1. The summed E-state index contributed by atoms with van der Waals surface area (Å²) in [5.41, 5.74) is 27.7. The van der Waals surface area contributed by atoms with Crippen molar-refractivity contribution in [2.45, 2.75) is 191 Å². The Bertz CT molecular complexity index is 3010. The fraction of sp³-hybridized carbons (Fsp3) is 0.661. The zero-order chi connectivity index (χ0) is 76.8. The van der Waals surface area contributed by atoms with Crippen LogP contribution in [-0.2, 0) is 83.1 Å². The summed E-state index contributed by atoms with van der Waals surface area (Å²) in [6, 6.07) is -17.7. The van der Waals surface area contributed by atoms with Crippen molar-refractivity contribution in [1.29, 1.82) is 5.41 Å². The van der Waals surface area contributed by atoms with Crippen molar-refractivity contribution in [1.82, 2.24) is 79.1 Å². The first-order valence-corrected chi connectivity index (χ1v) is 34.3. The first kappa shape index (κ1) is 90.0. The van der Waals surface area contributed by atoms with Gasteiger partial charge in [-0.2, -0.15) is 37.9 Å². The van der Waals surface area contributed by atoms with E-state index in [0.717, 1.165) is 0 Å². The number of carbonyl (C=O) groups is 16. The minimum absolute atomic E-state index is 0.0251. The third-order valence-corrected chi connectivity index (χ3v) is 16.4. The molecule has 0 saturated heterocycles. The van der Waals surface area contributed by atoms with Crippen LogP contribution in [0.1, 0.15) is 118 Å². The predicted octanol–water partition coefficient (Wildman–Crippen LogP) is -7.64. The number of primary amides is 2. The van der Waals surface area contributed by atoms with Crippen molar-refractivity contribution in [3.8, 4) is 0 Å². The maximum atomic E-state index is 14.5. The van der Waals surface area contributed by atoms with Crippen LogP contribution in [0.2, 0.25) is 0 Å². The van der Waals surface area contributed by atoms with Gasteiger partial charge >= 0.3 is 11.9 Å². The van der Waals surface area contributed by atoms with Gasteiger partial charge in [0.2, 0.25) is 82.7 Å². The Hall–Kier alpha value is -9.03. The number of carbonyl (C=O) groups excluding carboxylic acids is 14. The van der Waals surface area contributed by atoms with Crippen LogP contribution in [0.5, 0.6) is 0 Å². The molecule has 0 fully saturated rings. The molecule has 568 valence electrons. The maximum absolute atomic E-state index is 14.5. The molecule has 0 bridgehead atoms. The Labute approximate surface area is 599 Å². The summed E-state index contributed by atoms with van der Waals surface area (Å²) in [5.74, 6) is -19.6. The van der Waals surface area contributed by atoms with E-state index < -0.39 is 217 Å². The number of imidazole rings is 1. The number of aliphatic carboxylic acids is 2. The fourth-order valence-electron chi connectivity index (χ4n) is 9.28. The van der Waals surface area contributed by atoms with E-state index in [4.69, 9.17) is 34.1 Å². The van der Waals surface area contributed by atoms with Crippen LogP contribution in [0, 0.1) is 23.2 Å². The topological polar surface area (TPSA) is 653 Å². The van der Waals surface area contributed by atoms with E-state index in [-0.39, 0.29) is 87.4 Å². The van der Waals surface area contributed by atoms with Gasteiger partial charge in [-0.1, -0.05) is 48.0 Å². The highest BCUT2D eigenvalue weighted by atomic mass is 32.1. The number of guanidine groups is 1. The highest BCUT2D eigenvalue weighted by molar-refractivity contribution is 7.80. The van der Waals surface area contributed by atoms with Gasteiger partial charge in [-0.05, 0) is 69.2 Å². The van der Waals surface area contributed by atoms with Gasteiger partial charge in [0, 0.05) is 49.3 Å². The van der Waals surface area contributed by atoms with E-state index in [1.54, 1.807) is 41.5 Å². The lowest BCUT2D eigenvalue weighted by Gasteiger charge is -2.30. The lowest BCUT2D eigenvalue weighted by Crippen LogP contribution is -2.62. The molecule has 0 spiro atoms. The molecular weight excluding hydrogens is 1390 g/mol. The first-order valence-electron chi connectivity index (χ1n) is 32.4. The molecule has 27 N–H and O–H groups in total. The number of nitrogens with zero attached hydrogens (tertiary/aromatic N) is 1. The number of carboxylic acid groups (broad SMARTS) is 2. The molecule has 0 aliphatic rings. The number of nitrogens with two attached hydrogens (primary N) is 5. The molecule has 0 radical (unpaired) electrons. The van der Waals surface area contributed by atoms with E-state index in [1.165, 1.54) is 12.5 Å². The van der Waals surface area contributed by atoms with Gasteiger partial charge in [0.25, 0.3) is 0 Å². The van der Waals surface area contributed by atoms with Gasteiger partial charge in [0.1, 0.15) is 66.5 Å². The smallest absolute Gasteiger partial charge is 0.327 e. The number of hydrogen-bond acceptors (Lipinski definition) is 23. The number of aromatic nitrogens is 2. The molecule has 0 unspecified atom stereocenters. The lowest BCUT2D eigenvalue weighted by molar-refractivity contribution is -0.142. The number of carboxylic acids is 2. The minimum atomic E-state index is -1.61. The summed E-state index contributed by atoms with van der Waals surface area (Å²) in [5, 5.41) is 58.6. The van der Waals surface area contributed by atoms with Crippen LogP contribution < -0.4 is 97.8 Å². The van der Waals surface area contributed by atoms with E-state index in [0.29, 0.717) is 6.42 Å². The van der Waals surface area contributed by atoms with E-state index in [9.17, 15) is 86.9 Å². The highest BCUT2D eigenvalue weighted by Crippen LogP contribution is 2.14. The number of thiol groups is 3. The average Bonchev–Trinajstić information content (AvgIpc) is 1.11. The fourth-order valence-corrected chi connectivity index (χ4v) is 10.0. The molecular formula is C59H101N21O18S3. The molecule has 39 nitrogen and oxygen atoms in total. The van der Waals surface area contributed by atoms with Gasteiger partial charge in [0.05, 0.1) is 31.0 Å². The number of hydrogen-bond donors (Lipinski definition) is 25. The molecule has 42 heteroatoms. The van der Waals surface area contributed by atoms with E-state index in [1.807, 2.05) is 0 Å². The summed E-state index contributed by atoms with van der Waals surface area (Å²) in [6.45, 7) is 8.91. The number of nitrogens with one attached hydrogen (secondary N) is 15. The third-order valence-electron chi connectivity index (χ3n) is 15.3. The largest absolute Gasteiger partial charge is 0.481 e. The molecule has 1 aromatic rings. The van der Waals surface area contributed by atoms with Crippen molar-refractivity contribution >= 4 is 138 Å². The van der Waals surface area contributed by atoms with Crippen LogP contribution in [0.3, 0.4) is 0 Å². The molecule has 0 aliphatic carbocycles. The SMILES string of the molecule is CC[C@H](C)[C@H](NC(=O)[C@H](CS)NC(=O)[C@H](CCCCN)NC(=O)[C@H](CCCNC(=N)N)NC(=O)[C@@H](NC(=O)[C@@H](NC(=O)[C@H](Cc1c[nH]cn1)NC(=O)[C@H](CS)NC(=O)CNC(=O)[C@H](CC(N)=O)NC(=O)[C@@H](N)CCC(N)=O)C(C)C)C(C)C)C(=O)N[C@@H](CCC(=O)O)C(=O)N[C@@H](CS)C(=O)O. The summed E-state index contributed by atoms with van der Waals surface area (Å²) >= 11 is 12.4. The van der Waals surface area contributed by atoms with Gasteiger partial charge < -0.3 is 113 Å². The minimum Gasteiger partial charge on any atom is -0.481 e. The number of aromatic amines is 1. The maximum Gasteiger partial charge on any atom is 0.327 e. The quantitative estimate of drug-likeness (QED) is 0.0125. The molecule has 1 heterocycles. The van der Waals surface area contributed by atoms with Gasteiger partial charge in [-0.3, -0.25) is 77.3 Å². The van der Waals surface area contributed by atoms with Crippen LogP contribution in [0.4, 0.5) is 0 Å². The van der Waals surface area contributed by atoms with Crippen molar-refractivity contribution in [2.75, 3.05) is 36.9 Å². The van der Waals surface area contributed by atoms with Crippen LogP contribution >= 0.6 is 37.9 Å². The van der Waals surface area contributed by atoms with E-state index >= 15 is 0 Å². The summed E-state index contributed by atoms with van der Waals surface area (Å²) < 4.78 is 0. The predicted molar refractivity (Wildman–Crippen MR) is 374 cm³/mol. The average molecular weight is 1490 g/mol.